The molecule has 1 aliphatic rings. The zero-order chi connectivity index (χ0) is 15.7. The first-order valence-electron chi connectivity index (χ1n) is 7.29. The van der Waals surface area contributed by atoms with Crippen LogP contribution in [0.4, 0.5) is 10.5 Å². The molecule has 5 heteroatoms. The zero-order valence-corrected chi connectivity index (χ0v) is 12.9. The molecule has 0 spiro atoms. The van der Waals surface area contributed by atoms with Crippen molar-refractivity contribution in [3.05, 3.63) is 23.8 Å². The standard InChI is InChI=1S/C16H24N2O3/c1-15(2,3)21-14(20)18-12-6-5-11(9-13(12)19)16(10-17)7-4-8-16/h5-6,9,19H,4,7-8,10,17H2,1-3H3,(H,18,20). The lowest BCUT2D eigenvalue weighted by Crippen LogP contribution is -2.41. The van der Waals surface area contributed by atoms with Gasteiger partial charge in [-0.05, 0) is 51.3 Å². The van der Waals surface area contributed by atoms with Gasteiger partial charge < -0.3 is 15.6 Å². The summed E-state index contributed by atoms with van der Waals surface area (Å²) in [6.07, 6.45) is 2.67. The van der Waals surface area contributed by atoms with E-state index >= 15 is 0 Å². The zero-order valence-electron chi connectivity index (χ0n) is 12.9. The van der Waals surface area contributed by atoms with E-state index in [1.165, 1.54) is 0 Å². The third kappa shape index (κ3) is 3.47. The Hall–Kier alpha value is -1.75. The fourth-order valence-corrected chi connectivity index (χ4v) is 2.59. The Kier molecular flexibility index (Phi) is 4.14. The molecule has 1 aliphatic carbocycles. The molecular weight excluding hydrogens is 268 g/mol. The summed E-state index contributed by atoms with van der Waals surface area (Å²) >= 11 is 0. The molecule has 1 amide bonds. The minimum Gasteiger partial charge on any atom is -0.506 e. The van der Waals surface area contributed by atoms with Crippen LogP contribution in [0.15, 0.2) is 18.2 Å². The SMILES string of the molecule is CC(C)(C)OC(=O)Nc1ccc(C2(CN)CCC2)cc1O. The van der Waals surface area contributed by atoms with Crippen molar-refractivity contribution in [3.63, 3.8) is 0 Å². The van der Waals surface area contributed by atoms with Gasteiger partial charge in [0.25, 0.3) is 0 Å². The molecule has 1 saturated carbocycles. The molecule has 0 aromatic heterocycles. The molecule has 0 unspecified atom stereocenters. The largest absolute Gasteiger partial charge is 0.506 e. The van der Waals surface area contributed by atoms with E-state index in [2.05, 4.69) is 5.32 Å². The Morgan fingerprint density at radius 2 is 2.10 bits per heavy atom. The first-order valence-corrected chi connectivity index (χ1v) is 7.29. The molecular formula is C16H24N2O3. The second-order valence-electron chi connectivity index (χ2n) is 6.70. The normalized spacial score (nSPS) is 17.0. The quantitative estimate of drug-likeness (QED) is 0.747. The van der Waals surface area contributed by atoms with Crippen molar-refractivity contribution in [2.24, 2.45) is 5.73 Å². The van der Waals surface area contributed by atoms with E-state index in [4.69, 9.17) is 10.5 Å². The van der Waals surface area contributed by atoms with E-state index in [9.17, 15) is 9.90 Å². The number of hydrogen-bond donors (Lipinski definition) is 3. The van der Waals surface area contributed by atoms with Crippen molar-refractivity contribution in [2.75, 3.05) is 11.9 Å². The lowest BCUT2D eigenvalue weighted by atomic mass is 9.64. The number of nitrogens with one attached hydrogen (secondary N) is 1. The number of benzene rings is 1. The van der Waals surface area contributed by atoms with Crippen LogP contribution >= 0.6 is 0 Å². The Morgan fingerprint density at radius 3 is 2.52 bits per heavy atom. The summed E-state index contributed by atoms with van der Waals surface area (Å²) in [5.41, 5.74) is 6.66. The van der Waals surface area contributed by atoms with Crippen molar-refractivity contribution in [2.45, 2.75) is 51.0 Å². The van der Waals surface area contributed by atoms with E-state index in [-0.39, 0.29) is 11.2 Å². The van der Waals surface area contributed by atoms with Crippen molar-refractivity contribution >= 4 is 11.8 Å². The molecule has 1 aromatic carbocycles. The van der Waals surface area contributed by atoms with Crippen LogP contribution in [0.25, 0.3) is 0 Å². The van der Waals surface area contributed by atoms with Gasteiger partial charge in [0.2, 0.25) is 0 Å². The van der Waals surface area contributed by atoms with Crippen LogP contribution in [0, 0.1) is 0 Å². The predicted octanol–water partition coefficient (Wildman–Crippen LogP) is 3.12. The number of amides is 1. The van der Waals surface area contributed by atoms with Gasteiger partial charge in [-0.2, -0.15) is 0 Å². The maximum atomic E-state index is 11.7. The number of nitrogens with two attached hydrogens (primary N) is 1. The number of phenols is 1. The van der Waals surface area contributed by atoms with Crippen LogP contribution in [0.5, 0.6) is 5.75 Å². The Balaban J connectivity index is 2.11. The smallest absolute Gasteiger partial charge is 0.412 e. The molecule has 0 heterocycles. The van der Waals surface area contributed by atoms with E-state index < -0.39 is 11.7 Å². The fourth-order valence-electron chi connectivity index (χ4n) is 2.59. The van der Waals surface area contributed by atoms with Crippen molar-refractivity contribution in [1.29, 1.82) is 0 Å². The summed E-state index contributed by atoms with van der Waals surface area (Å²) in [4.78, 5) is 11.7. The molecule has 21 heavy (non-hydrogen) atoms. The molecule has 4 N–H and O–H groups in total. The third-order valence-corrected chi connectivity index (χ3v) is 3.95. The molecule has 1 fully saturated rings. The topological polar surface area (TPSA) is 84.6 Å². The first-order chi connectivity index (χ1) is 9.76. The number of aromatic hydroxyl groups is 1. The van der Waals surface area contributed by atoms with Crippen LogP contribution < -0.4 is 11.1 Å². The van der Waals surface area contributed by atoms with Gasteiger partial charge in [0, 0.05) is 12.0 Å². The Bertz CT molecular complexity index is 525. The fraction of sp³-hybridized carbons (Fsp3) is 0.562. The number of carbonyl (C=O) groups is 1. The number of phenolic OH excluding ortho intramolecular Hbond substituents is 1. The molecule has 0 saturated heterocycles. The van der Waals surface area contributed by atoms with Gasteiger partial charge in [-0.15, -0.1) is 0 Å². The maximum Gasteiger partial charge on any atom is 0.412 e. The van der Waals surface area contributed by atoms with Gasteiger partial charge in [-0.1, -0.05) is 12.5 Å². The van der Waals surface area contributed by atoms with E-state index in [1.807, 2.05) is 6.07 Å². The van der Waals surface area contributed by atoms with Gasteiger partial charge in [-0.3, -0.25) is 5.32 Å². The van der Waals surface area contributed by atoms with Crippen molar-refractivity contribution in [1.82, 2.24) is 0 Å². The number of ether oxygens (including phenoxy) is 1. The minimum atomic E-state index is -0.581. The van der Waals surface area contributed by atoms with Crippen molar-refractivity contribution < 1.29 is 14.6 Å². The van der Waals surface area contributed by atoms with Crippen LogP contribution in [-0.4, -0.2) is 23.3 Å². The van der Waals surface area contributed by atoms with Gasteiger partial charge in [0.15, 0.2) is 0 Å². The van der Waals surface area contributed by atoms with Gasteiger partial charge in [0.05, 0.1) is 5.69 Å². The van der Waals surface area contributed by atoms with E-state index in [0.29, 0.717) is 12.2 Å². The molecule has 0 aliphatic heterocycles. The van der Waals surface area contributed by atoms with Crippen LogP contribution in [0.1, 0.15) is 45.6 Å². The van der Waals surface area contributed by atoms with Gasteiger partial charge in [0.1, 0.15) is 11.4 Å². The van der Waals surface area contributed by atoms with Crippen molar-refractivity contribution in [3.8, 4) is 5.75 Å². The van der Waals surface area contributed by atoms with Crippen LogP contribution in [0.3, 0.4) is 0 Å². The minimum absolute atomic E-state index is 0.0120. The summed E-state index contributed by atoms with van der Waals surface area (Å²) < 4.78 is 5.17. The number of hydrogen-bond acceptors (Lipinski definition) is 4. The van der Waals surface area contributed by atoms with Crippen LogP contribution in [-0.2, 0) is 10.2 Å². The monoisotopic (exact) mass is 292 g/mol. The molecule has 5 nitrogen and oxygen atoms in total. The molecule has 0 bridgehead atoms. The van der Waals surface area contributed by atoms with Crippen LogP contribution in [0.2, 0.25) is 0 Å². The molecule has 116 valence electrons. The second-order valence-corrected chi connectivity index (χ2v) is 6.70. The highest BCUT2D eigenvalue weighted by Crippen LogP contribution is 2.44. The maximum absolute atomic E-state index is 11.7. The summed E-state index contributed by atoms with van der Waals surface area (Å²) in [5, 5.41) is 12.7. The highest BCUT2D eigenvalue weighted by Gasteiger charge is 2.37. The lowest BCUT2D eigenvalue weighted by molar-refractivity contribution is 0.0635. The average molecular weight is 292 g/mol. The second kappa shape index (κ2) is 5.56. The highest BCUT2D eigenvalue weighted by molar-refractivity contribution is 5.87. The third-order valence-electron chi connectivity index (χ3n) is 3.95. The summed E-state index contributed by atoms with van der Waals surface area (Å²) in [6.45, 7) is 5.94. The highest BCUT2D eigenvalue weighted by atomic mass is 16.6. The Morgan fingerprint density at radius 1 is 1.43 bits per heavy atom. The molecule has 1 aromatic rings. The van der Waals surface area contributed by atoms with Gasteiger partial charge in [-0.25, -0.2) is 4.79 Å². The number of anilines is 1. The van der Waals surface area contributed by atoms with E-state index in [1.54, 1.807) is 32.9 Å². The summed E-state index contributed by atoms with van der Waals surface area (Å²) in [5.74, 6) is 0.0399. The Labute approximate surface area is 125 Å². The summed E-state index contributed by atoms with van der Waals surface area (Å²) in [7, 11) is 0. The summed E-state index contributed by atoms with van der Waals surface area (Å²) in [6, 6.07) is 5.31. The van der Waals surface area contributed by atoms with E-state index in [0.717, 1.165) is 24.8 Å². The predicted molar refractivity (Wildman–Crippen MR) is 82.5 cm³/mol. The molecule has 0 radical (unpaired) electrons. The molecule has 2 rings (SSSR count). The molecule has 0 atom stereocenters. The lowest BCUT2D eigenvalue weighted by Gasteiger charge is -2.41. The first kappa shape index (κ1) is 15.6. The number of rotatable bonds is 3. The van der Waals surface area contributed by atoms with Gasteiger partial charge >= 0.3 is 6.09 Å². The average Bonchev–Trinajstić information content (AvgIpc) is 2.29. The number of carbonyl (C=O) groups excluding carboxylic acids is 1.